The maximum Gasteiger partial charge on any atom is 0.232 e. The van der Waals surface area contributed by atoms with E-state index >= 15 is 0 Å². The van der Waals surface area contributed by atoms with Crippen LogP contribution in [0.1, 0.15) is 20.8 Å². The minimum Gasteiger partial charge on any atom is -0.210 e. The van der Waals surface area contributed by atoms with E-state index in [1.807, 2.05) is 13.8 Å². The Balaban J connectivity index is 2.51. The smallest absolute Gasteiger partial charge is 0.210 e. The van der Waals surface area contributed by atoms with Crippen LogP contribution in [0.5, 0.6) is 0 Å². The Kier molecular flexibility index (Phi) is 1.76. The van der Waals surface area contributed by atoms with Crippen molar-refractivity contribution < 1.29 is 8.42 Å². The molecule has 0 spiro atoms. The molecule has 0 N–H and O–H groups in total. The molecule has 3 nitrogen and oxygen atoms in total. The summed E-state index contributed by atoms with van der Waals surface area (Å²) < 4.78 is 23.3. The highest BCUT2D eigenvalue weighted by Crippen LogP contribution is 2.30. The van der Waals surface area contributed by atoms with Gasteiger partial charge in [-0.1, -0.05) is 13.8 Å². The molecular weight excluding hydrogens is 150 g/mol. The molecule has 0 aliphatic carbocycles. The zero-order valence-corrected chi connectivity index (χ0v) is 7.35. The second kappa shape index (κ2) is 2.20. The van der Waals surface area contributed by atoms with Gasteiger partial charge in [0.1, 0.15) is 5.37 Å². The highest BCUT2D eigenvalue weighted by atomic mass is 32.2. The van der Waals surface area contributed by atoms with Crippen molar-refractivity contribution in [3.05, 3.63) is 0 Å². The van der Waals surface area contributed by atoms with Gasteiger partial charge in [0, 0.05) is 6.54 Å². The van der Waals surface area contributed by atoms with E-state index in [9.17, 15) is 8.42 Å². The van der Waals surface area contributed by atoms with Crippen molar-refractivity contribution in [2.75, 3.05) is 6.54 Å². The molecule has 60 valence electrons. The molecule has 0 aromatic rings. The normalized spacial score (nSPS) is 36.4. The van der Waals surface area contributed by atoms with Gasteiger partial charge in [-0.05, 0) is 12.8 Å². The Hall–Kier alpha value is -0.0900. The predicted octanol–water partition coefficient (Wildman–Crippen LogP) is 0.634. The van der Waals surface area contributed by atoms with Crippen LogP contribution in [0, 0.1) is 5.92 Å². The molecule has 2 unspecified atom stereocenters. The molecule has 10 heavy (non-hydrogen) atoms. The zero-order chi connectivity index (χ0) is 7.94. The van der Waals surface area contributed by atoms with Crippen molar-refractivity contribution in [3.63, 3.8) is 0 Å². The summed E-state index contributed by atoms with van der Waals surface area (Å²) in [6.07, 6.45) is 0. The number of rotatable bonds is 2. The lowest BCUT2D eigenvalue weighted by atomic mass is 10.2. The third-order valence-corrected chi connectivity index (χ3v) is 3.68. The first-order valence-electron chi connectivity index (χ1n) is 3.47. The largest absolute Gasteiger partial charge is 0.232 e. The fourth-order valence-corrected chi connectivity index (χ4v) is 2.47. The zero-order valence-electron chi connectivity index (χ0n) is 6.53. The van der Waals surface area contributed by atoms with Gasteiger partial charge >= 0.3 is 0 Å². The van der Waals surface area contributed by atoms with Crippen LogP contribution in [-0.2, 0) is 10.0 Å². The molecule has 1 aliphatic heterocycles. The van der Waals surface area contributed by atoms with Gasteiger partial charge in [-0.3, -0.25) is 0 Å². The Morgan fingerprint density at radius 2 is 1.90 bits per heavy atom. The lowest BCUT2D eigenvalue weighted by Gasteiger charge is -2.00. The van der Waals surface area contributed by atoms with Crippen LogP contribution in [0.25, 0.3) is 0 Å². The summed E-state index contributed by atoms with van der Waals surface area (Å²) in [5, 5.41) is -0.227. The van der Waals surface area contributed by atoms with Crippen LogP contribution in [-0.4, -0.2) is 24.6 Å². The van der Waals surface area contributed by atoms with Crippen molar-refractivity contribution in [2.24, 2.45) is 5.92 Å². The molecule has 0 saturated carbocycles. The van der Waals surface area contributed by atoms with E-state index in [-0.39, 0.29) is 5.37 Å². The summed E-state index contributed by atoms with van der Waals surface area (Å²) in [6, 6.07) is 0. The minimum atomic E-state index is -2.80. The van der Waals surface area contributed by atoms with Gasteiger partial charge in [0.25, 0.3) is 0 Å². The van der Waals surface area contributed by atoms with Crippen molar-refractivity contribution >= 4 is 10.0 Å². The van der Waals surface area contributed by atoms with Gasteiger partial charge in [0.15, 0.2) is 0 Å². The summed E-state index contributed by atoms with van der Waals surface area (Å²) in [4.78, 5) is 0. The lowest BCUT2D eigenvalue weighted by Crippen LogP contribution is -2.09. The van der Waals surface area contributed by atoms with E-state index in [0.29, 0.717) is 12.5 Å². The maximum absolute atomic E-state index is 10.9. The van der Waals surface area contributed by atoms with Crippen LogP contribution in [0.4, 0.5) is 0 Å². The number of hydrogen-bond donors (Lipinski definition) is 0. The average molecular weight is 163 g/mol. The predicted molar refractivity (Wildman–Crippen MR) is 39.9 cm³/mol. The molecule has 0 amide bonds. The van der Waals surface area contributed by atoms with Crippen LogP contribution in [0.2, 0.25) is 0 Å². The quantitative estimate of drug-likeness (QED) is 0.560. The highest BCUT2D eigenvalue weighted by molar-refractivity contribution is 7.95. The first-order valence-corrected chi connectivity index (χ1v) is 4.97. The molecule has 1 saturated heterocycles. The molecule has 0 bridgehead atoms. The fraction of sp³-hybridized carbons (Fsp3) is 1.00. The van der Waals surface area contributed by atoms with Crippen molar-refractivity contribution in [2.45, 2.75) is 26.1 Å². The van der Waals surface area contributed by atoms with Gasteiger partial charge in [-0.25, -0.2) is 8.42 Å². The molecule has 1 heterocycles. The van der Waals surface area contributed by atoms with Gasteiger partial charge in [0.05, 0.1) is 0 Å². The van der Waals surface area contributed by atoms with E-state index in [0.717, 1.165) is 0 Å². The van der Waals surface area contributed by atoms with Crippen LogP contribution in [0.15, 0.2) is 0 Å². The molecular formula is C6H13NO2S. The van der Waals surface area contributed by atoms with E-state index in [1.54, 1.807) is 6.92 Å². The average Bonchev–Trinajstić information content (AvgIpc) is 2.17. The van der Waals surface area contributed by atoms with Gasteiger partial charge < -0.3 is 0 Å². The molecule has 0 aromatic heterocycles. The van der Waals surface area contributed by atoms with E-state index < -0.39 is 10.0 Å². The molecule has 0 aromatic carbocycles. The molecule has 1 fully saturated rings. The molecule has 4 heteroatoms. The van der Waals surface area contributed by atoms with Crippen molar-refractivity contribution in [3.8, 4) is 0 Å². The monoisotopic (exact) mass is 163 g/mol. The number of sulfonamides is 1. The summed E-state index contributed by atoms with van der Waals surface area (Å²) >= 11 is 0. The van der Waals surface area contributed by atoms with E-state index in [1.165, 1.54) is 4.31 Å². The summed E-state index contributed by atoms with van der Waals surface area (Å²) in [7, 11) is -2.80. The third kappa shape index (κ3) is 1.18. The molecule has 0 radical (unpaired) electrons. The molecule has 1 aliphatic rings. The van der Waals surface area contributed by atoms with Crippen molar-refractivity contribution in [1.82, 2.24) is 4.31 Å². The Labute approximate surface area is 62.1 Å². The highest BCUT2D eigenvalue weighted by Gasteiger charge is 2.50. The van der Waals surface area contributed by atoms with Gasteiger partial charge in [-0.15, -0.1) is 0 Å². The molecule has 2 atom stereocenters. The second-order valence-electron chi connectivity index (χ2n) is 3.11. The van der Waals surface area contributed by atoms with E-state index in [4.69, 9.17) is 0 Å². The van der Waals surface area contributed by atoms with Crippen LogP contribution in [0.3, 0.4) is 0 Å². The summed E-state index contributed by atoms with van der Waals surface area (Å²) in [6.45, 7) is 6.42. The van der Waals surface area contributed by atoms with Crippen molar-refractivity contribution in [1.29, 1.82) is 0 Å². The van der Waals surface area contributed by atoms with Crippen LogP contribution < -0.4 is 0 Å². The topological polar surface area (TPSA) is 37.1 Å². The standard InChI is InChI=1S/C6H13NO2S/c1-5(2)4-7-6(3)10(7,8)9/h5-6H,4H2,1-3H3. The first-order chi connectivity index (χ1) is 4.46. The summed E-state index contributed by atoms with van der Waals surface area (Å²) in [5.41, 5.74) is 0. The van der Waals surface area contributed by atoms with Gasteiger partial charge in [-0.2, -0.15) is 4.31 Å². The number of nitrogens with zero attached hydrogens (tertiary/aromatic N) is 1. The third-order valence-electron chi connectivity index (χ3n) is 1.66. The fourth-order valence-electron chi connectivity index (χ4n) is 0.963. The first kappa shape index (κ1) is 8.01. The number of hydrogen-bond acceptors (Lipinski definition) is 2. The summed E-state index contributed by atoms with van der Waals surface area (Å²) in [5.74, 6) is 0.430. The lowest BCUT2D eigenvalue weighted by molar-refractivity contribution is 0.454. The molecule has 1 rings (SSSR count). The maximum atomic E-state index is 10.9. The Bertz CT molecular complexity index is 220. The Morgan fingerprint density at radius 1 is 1.50 bits per heavy atom. The van der Waals surface area contributed by atoms with Crippen LogP contribution >= 0.6 is 0 Å². The van der Waals surface area contributed by atoms with Gasteiger partial charge in [0.2, 0.25) is 10.0 Å². The minimum absolute atomic E-state index is 0.227. The Morgan fingerprint density at radius 3 is 2.00 bits per heavy atom. The second-order valence-corrected chi connectivity index (χ2v) is 5.29. The van der Waals surface area contributed by atoms with E-state index in [2.05, 4.69) is 0 Å². The SMILES string of the molecule is CC(C)CN1C(C)S1(=O)=O.